The van der Waals surface area contributed by atoms with Crippen molar-refractivity contribution in [3.8, 4) is 0 Å². The van der Waals surface area contributed by atoms with Gasteiger partial charge in [-0.05, 0) is 42.3 Å². The predicted octanol–water partition coefficient (Wildman–Crippen LogP) is 1.42. The molecule has 0 heterocycles. The number of aliphatic imine (C=N–C) groups is 1. The minimum Gasteiger partial charge on any atom is -0.305 e. The number of hydrogen-bond donors (Lipinski definition) is 0. The number of rotatable bonds is 2. The van der Waals surface area contributed by atoms with Gasteiger partial charge in [0.1, 0.15) is 7.85 Å². The topological polar surface area (TPSA) is 29.4 Å². The quantitative estimate of drug-likeness (QED) is 0.458. The molecular formula is C10H12BNO. The van der Waals surface area contributed by atoms with Gasteiger partial charge < -0.3 is 4.99 Å². The molecule has 0 bridgehead atoms. The second-order valence-corrected chi connectivity index (χ2v) is 3.11. The first-order valence-electron chi connectivity index (χ1n) is 4.28. The highest BCUT2D eigenvalue weighted by atomic mass is 16.1. The first kappa shape index (κ1) is 9.97. The molecule has 2 nitrogen and oxygen atoms in total. The average Bonchev–Trinajstić information content (AvgIpc) is 2.51. The van der Waals surface area contributed by atoms with Crippen molar-refractivity contribution in [2.75, 3.05) is 7.05 Å². The van der Waals surface area contributed by atoms with Crippen molar-refractivity contribution < 1.29 is 4.79 Å². The molecule has 0 aromatic heterocycles. The average molecular weight is 173 g/mol. The maximum atomic E-state index is 10.9. The summed E-state index contributed by atoms with van der Waals surface area (Å²) >= 11 is 0. The van der Waals surface area contributed by atoms with E-state index in [2.05, 4.69) is 4.99 Å². The van der Waals surface area contributed by atoms with Crippen molar-refractivity contribution >= 4 is 19.2 Å². The predicted molar refractivity (Wildman–Crippen MR) is 55.2 cm³/mol. The van der Waals surface area contributed by atoms with Gasteiger partial charge in [-0.25, -0.2) is 0 Å². The molecule has 1 aliphatic rings. The Labute approximate surface area is 79.8 Å². The van der Waals surface area contributed by atoms with Crippen molar-refractivity contribution in [2.45, 2.75) is 19.8 Å². The monoisotopic (exact) mass is 173 g/mol. The van der Waals surface area contributed by atoms with Crippen LogP contribution in [-0.4, -0.2) is 26.3 Å². The van der Waals surface area contributed by atoms with Crippen LogP contribution in [0.1, 0.15) is 19.8 Å². The Morgan fingerprint density at radius 3 is 2.77 bits per heavy atom. The fourth-order valence-corrected chi connectivity index (χ4v) is 1.29. The van der Waals surface area contributed by atoms with Crippen LogP contribution in [0.2, 0.25) is 0 Å². The minimum atomic E-state index is 0.203. The smallest absolute Gasteiger partial charge is 0.156 e. The van der Waals surface area contributed by atoms with Crippen LogP contribution in [0.4, 0.5) is 0 Å². The molecule has 66 valence electrons. The SMILES string of the molecule is [B]C(/C=C(\C)C1=CC(=O)CC1)=NC. The Balaban J connectivity index is 2.79. The lowest BCUT2D eigenvalue weighted by molar-refractivity contribution is -0.114. The van der Waals surface area contributed by atoms with Gasteiger partial charge in [-0.15, -0.1) is 0 Å². The van der Waals surface area contributed by atoms with Gasteiger partial charge in [-0.2, -0.15) is 0 Å². The highest BCUT2D eigenvalue weighted by Gasteiger charge is 2.12. The first-order valence-corrected chi connectivity index (χ1v) is 4.28. The number of carbonyl (C=O) groups excluding carboxylic acids is 1. The van der Waals surface area contributed by atoms with Crippen LogP contribution >= 0.6 is 0 Å². The zero-order chi connectivity index (χ0) is 9.84. The number of allylic oxidation sites excluding steroid dienone is 4. The molecule has 0 N–H and O–H groups in total. The van der Waals surface area contributed by atoms with Crippen molar-refractivity contribution in [2.24, 2.45) is 4.99 Å². The molecule has 0 fully saturated rings. The normalized spacial score (nSPS) is 19.2. The third kappa shape index (κ3) is 2.69. The van der Waals surface area contributed by atoms with E-state index >= 15 is 0 Å². The lowest BCUT2D eigenvalue weighted by Crippen LogP contribution is -1.93. The van der Waals surface area contributed by atoms with Crippen LogP contribution in [-0.2, 0) is 4.79 Å². The van der Waals surface area contributed by atoms with Crippen LogP contribution in [0.25, 0.3) is 0 Å². The summed E-state index contributed by atoms with van der Waals surface area (Å²) in [5.41, 5.74) is 2.61. The molecule has 0 amide bonds. The van der Waals surface area contributed by atoms with Crippen molar-refractivity contribution in [3.63, 3.8) is 0 Å². The second kappa shape index (κ2) is 4.22. The lowest BCUT2D eigenvalue weighted by Gasteiger charge is -2.00. The van der Waals surface area contributed by atoms with Crippen LogP contribution in [0, 0.1) is 0 Å². The van der Waals surface area contributed by atoms with E-state index in [0.29, 0.717) is 12.0 Å². The fraction of sp³-hybridized carbons (Fsp3) is 0.400. The molecule has 1 aliphatic carbocycles. The summed E-state index contributed by atoms with van der Waals surface area (Å²) in [6.07, 6.45) is 4.95. The van der Waals surface area contributed by atoms with Crippen LogP contribution < -0.4 is 0 Å². The van der Waals surface area contributed by atoms with Gasteiger partial charge in [0.2, 0.25) is 0 Å². The Hall–Kier alpha value is -1.12. The summed E-state index contributed by atoms with van der Waals surface area (Å²) in [5.74, 6) is 0.203. The van der Waals surface area contributed by atoms with E-state index in [4.69, 9.17) is 7.85 Å². The Morgan fingerprint density at radius 1 is 1.62 bits per heavy atom. The van der Waals surface area contributed by atoms with E-state index in [1.807, 2.05) is 6.92 Å². The summed E-state index contributed by atoms with van der Waals surface area (Å²) in [6, 6.07) is 0. The van der Waals surface area contributed by atoms with Crippen LogP contribution in [0.5, 0.6) is 0 Å². The van der Waals surface area contributed by atoms with Gasteiger partial charge >= 0.3 is 0 Å². The van der Waals surface area contributed by atoms with Gasteiger partial charge in [0.25, 0.3) is 0 Å². The van der Waals surface area contributed by atoms with Gasteiger partial charge in [-0.3, -0.25) is 4.79 Å². The van der Waals surface area contributed by atoms with E-state index in [1.165, 1.54) is 0 Å². The van der Waals surface area contributed by atoms with Gasteiger partial charge in [0, 0.05) is 13.5 Å². The van der Waals surface area contributed by atoms with Gasteiger partial charge in [0.15, 0.2) is 5.78 Å². The third-order valence-electron chi connectivity index (χ3n) is 2.11. The number of ketones is 1. The highest BCUT2D eigenvalue weighted by Crippen LogP contribution is 2.21. The zero-order valence-electron chi connectivity index (χ0n) is 8.00. The molecule has 0 aromatic rings. The van der Waals surface area contributed by atoms with E-state index in [0.717, 1.165) is 17.6 Å². The largest absolute Gasteiger partial charge is 0.305 e. The molecule has 0 unspecified atom stereocenters. The second-order valence-electron chi connectivity index (χ2n) is 3.11. The molecule has 0 saturated heterocycles. The van der Waals surface area contributed by atoms with Gasteiger partial charge in [0.05, 0.1) is 0 Å². The van der Waals surface area contributed by atoms with Crippen LogP contribution in [0.15, 0.2) is 28.3 Å². The van der Waals surface area contributed by atoms with Crippen molar-refractivity contribution in [1.29, 1.82) is 0 Å². The fourth-order valence-electron chi connectivity index (χ4n) is 1.29. The number of carbonyl (C=O) groups is 1. The van der Waals surface area contributed by atoms with E-state index < -0.39 is 0 Å². The molecular weight excluding hydrogens is 161 g/mol. The summed E-state index contributed by atoms with van der Waals surface area (Å²) in [4.78, 5) is 14.8. The molecule has 0 spiro atoms. The van der Waals surface area contributed by atoms with E-state index in [9.17, 15) is 4.79 Å². The first-order chi connectivity index (χ1) is 6.13. The maximum absolute atomic E-state index is 10.9. The van der Waals surface area contributed by atoms with Crippen LogP contribution in [0.3, 0.4) is 0 Å². The summed E-state index contributed by atoms with van der Waals surface area (Å²) in [7, 11) is 7.18. The summed E-state index contributed by atoms with van der Waals surface area (Å²) in [6.45, 7) is 1.95. The van der Waals surface area contributed by atoms with Crippen molar-refractivity contribution in [3.05, 3.63) is 23.3 Å². The molecule has 0 saturated carbocycles. The molecule has 0 atom stereocenters. The van der Waals surface area contributed by atoms with E-state index in [-0.39, 0.29) is 5.78 Å². The Morgan fingerprint density at radius 2 is 2.31 bits per heavy atom. The van der Waals surface area contributed by atoms with Gasteiger partial charge in [-0.1, -0.05) is 0 Å². The molecule has 1 rings (SSSR count). The molecule has 0 aromatic carbocycles. The zero-order valence-corrected chi connectivity index (χ0v) is 8.00. The summed E-state index contributed by atoms with van der Waals surface area (Å²) < 4.78 is 0. The standard InChI is InChI=1S/C10H12BNO/c1-7(5-10(11)12-2)8-3-4-9(13)6-8/h5-6H,3-4H2,1-2H3/b7-5+,12-10?. The molecule has 2 radical (unpaired) electrons. The summed E-state index contributed by atoms with van der Waals surface area (Å²) in [5, 5.41) is 0. The molecule has 13 heavy (non-hydrogen) atoms. The number of nitrogens with zero attached hydrogens (tertiary/aromatic N) is 1. The maximum Gasteiger partial charge on any atom is 0.156 e. The molecule has 3 heteroatoms. The number of hydrogen-bond acceptors (Lipinski definition) is 2. The Bertz CT molecular complexity index is 313. The highest BCUT2D eigenvalue weighted by molar-refractivity contribution is 6.63. The Kier molecular flexibility index (Phi) is 3.23. The lowest BCUT2D eigenvalue weighted by atomic mass is 9.96. The van der Waals surface area contributed by atoms with Crippen molar-refractivity contribution in [1.82, 2.24) is 0 Å². The minimum absolute atomic E-state index is 0.203. The van der Waals surface area contributed by atoms with E-state index in [1.54, 1.807) is 19.2 Å². The molecule has 0 aliphatic heterocycles. The third-order valence-corrected chi connectivity index (χ3v) is 2.11.